The molecule has 138 valence electrons. The van der Waals surface area contributed by atoms with Crippen LogP contribution >= 0.6 is 0 Å². The van der Waals surface area contributed by atoms with Gasteiger partial charge in [-0.15, -0.1) is 0 Å². The van der Waals surface area contributed by atoms with Crippen LogP contribution in [0, 0.1) is 11.7 Å². The van der Waals surface area contributed by atoms with Crippen molar-refractivity contribution in [2.24, 2.45) is 5.92 Å². The van der Waals surface area contributed by atoms with Crippen LogP contribution in [0.4, 0.5) is 10.1 Å². The van der Waals surface area contributed by atoms with Crippen LogP contribution in [0.3, 0.4) is 0 Å². The fourth-order valence-corrected chi connectivity index (χ4v) is 3.48. The van der Waals surface area contributed by atoms with E-state index in [1.54, 1.807) is 12.1 Å². The zero-order valence-electron chi connectivity index (χ0n) is 15.4. The number of anilines is 1. The molecular formula is C21H26FN3O. The van der Waals surface area contributed by atoms with Gasteiger partial charge < -0.3 is 4.90 Å². The SMILES string of the molecule is CC(C)C(=O)N(c1ccc(F)cc1)C1CCN(Cc2ccncc2)CC1. The summed E-state index contributed by atoms with van der Waals surface area (Å²) in [6, 6.07) is 10.5. The van der Waals surface area contributed by atoms with Crippen LogP contribution in [0.25, 0.3) is 0 Å². The van der Waals surface area contributed by atoms with Gasteiger partial charge in [-0.05, 0) is 54.8 Å². The maximum absolute atomic E-state index is 13.3. The molecule has 0 atom stereocenters. The molecule has 0 unspecified atom stereocenters. The van der Waals surface area contributed by atoms with E-state index in [1.165, 1.54) is 17.7 Å². The van der Waals surface area contributed by atoms with Gasteiger partial charge in [0.2, 0.25) is 5.91 Å². The Hall–Kier alpha value is -2.27. The summed E-state index contributed by atoms with van der Waals surface area (Å²) in [6.07, 6.45) is 5.47. The van der Waals surface area contributed by atoms with E-state index in [0.29, 0.717) is 0 Å². The van der Waals surface area contributed by atoms with Gasteiger partial charge in [-0.2, -0.15) is 0 Å². The van der Waals surface area contributed by atoms with Crippen molar-refractivity contribution in [3.8, 4) is 0 Å². The van der Waals surface area contributed by atoms with E-state index in [9.17, 15) is 9.18 Å². The van der Waals surface area contributed by atoms with Gasteiger partial charge in [0.15, 0.2) is 0 Å². The number of nitrogens with zero attached hydrogens (tertiary/aromatic N) is 3. The standard InChI is InChI=1S/C21H26FN3O/c1-16(2)21(26)25(19-5-3-18(22)4-6-19)20-9-13-24(14-10-20)15-17-7-11-23-12-8-17/h3-8,11-12,16,20H,9-10,13-15H2,1-2H3. The molecule has 2 heterocycles. The van der Waals surface area contributed by atoms with Gasteiger partial charge in [-0.3, -0.25) is 14.7 Å². The summed E-state index contributed by atoms with van der Waals surface area (Å²) in [7, 11) is 0. The lowest BCUT2D eigenvalue weighted by molar-refractivity contribution is -0.122. The molecule has 0 aliphatic carbocycles. The third-order valence-electron chi connectivity index (χ3n) is 4.91. The lowest BCUT2D eigenvalue weighted by Gasteiger charge is -2.39. The summed E-state index contributed by atoms with van der Waals surface area (Å²) >= 11 is 0. The summed E-state index contributed by atoms with van der Waals surface area (Å²) in [4.78, 5) is 21.2. The molecule has 1 fully saturated rings. The molecule has 1 aromatic heterocycles. The number of rotatable bonds is 5. The van der Waals surface area contributed by atoms with Gasteiger partial charge in [0.05, 0.1) is 0 Å². The highest BCUT2D eigenvalue weighted by Crippen LogP contribution is 2.26. The monoisotopic (exact) mass is 355 g/mol. The number of likely N-dealkylation sites (tertiary alicyclic amines) is 1. The Morgan fingerprint density at radius 3 is 2.35 bits per heavy atom. The Morgan fingerprint density at radius 1 is 1.15 bits per heavy atom. The van der Waals surface area contributed by atoms with E-state index in [0.717, 1.165) is 38.2 Å². The molecule has 0 N–H and O–H groups in total. The van der Waals surface area contributed by atoms with Gasteiger partial charge >= 0.3 is 0 Å². The quantitative estimate of drug-likeness (QED) is 0.817. The van der Waals surface area contributed by atoms with Crippen LogP contribution in [-0.4, -0.2) is 34.9 Å². The van der Waals surface area contributed by atoms with E-state index >= 15 is 0 Å². The third kappa shape index (κ3) is 4.47. The van der Waals surface area contributed by atoms with Crippen molar-refractivity contribution in [1.29, 1.82) is 0 Å². The number of amides is 1. The van der Waals surface area contributed by atoms with Crippen LogP contribution in [0.2, 0.25) is 0 Å². The number of hydrogen-bond donors (Lipinski definition) is 0. The molecule has 0 saturated carbocycles. The average Bonchev–Trinajstić information content (AvgIpc) is 2.65. The van der Waals surface area contributed by atoms with Crippen LogP contribution in [0.5, 0.6) is 0 Å². The first kappa shape index (κ1) is 18.5. The van der Waals surface area contributed by atoms with Crippen molar-refractivity contribution in [1.82, 2.24) is 9.88 Å². The number of benzene rings is 1. The minimum Gasteiger partial charge on any atom is -0.309 e. The fraction of sp³-hybridized carbons (Fsp3) is 0.429. The highest BCUT2D eigenvalue weighted by atomic mass is 19.1. The number of carbonyl (C=O) groups excluding carboxylic acids is 1. The Labute approximate surface area is 154 Å². The third-order valence-corrected chi connectivity index (χ3v) is 4.91. The van der Waals surface area contributed by atoms with E-state index < -0.39 is 0 Å². The molecule has 4 nitrogen and oxygen atoms in total. The predicted molar refractivity (Wildman–Crippen MR) is 101 cm³/mol. The van der Waals surface area contributed by atoms with Crippen LogP contribution < -0.4 is 4.90 Å². The van der Waals surface area contributed by atoms with E-state index in [-0.39, 0.29) is 23.7 Å². The van der Waals surface area contributed by atoms with E-state index in [2.05, 4.69) is 9.88 Å². The molecule has 0 radical (unpaired) electrons. The first-order chi connectivity index (χ1) is 12.5. The molecule has 2 aromatic rings. The second-order valence-electron chi connectivity index (χ2n) is 7.20. The molecule has 0 spiro atoms. The van der Waals surface area contributed by atoms with Gasteiger partial charge in [-0.25, -0.2) is 4.39 Å². The maximum atomic E-state index is 13.3. The molecule has 1 aliphatic rings. The Morgan fingerprint density at radius 2 is 1.77 bits per heavy atom. The minimum absolute atomic E-state index is 0.0881. The maximum Gasteiger partial charge on any atom is 0.229 e. The van der Waals surface area contributed by atoms with Crippen LogP contribution in [0.1, 0.15) is 32.3 Å². The van der Waals surface area contributed by atoms with E-state index in [4.69, 9.17) is 0 Å². The Kier molecular flexibility index (Phi) is 5.99. The van der Waals surface area contributed by atoms with Gasteiger partial charge in [-0.1, -0.05) is 13.8 Å². The molecule has 1 aromatic carbocycles. The van der Waals surface area contributed by atoms with Crippen molar-refractivity contribution in [2.75, 3.05) is 18.0 Å². The molecule has 26 heavy (non-hydrogen) atoms. The van der Waals surface area contributed by atoms with Crippen molar-refractivity contribution >= 4 is 11.6 Å². The topological polar surface area (TPSA) is 36.4 Å². The average molecular weight is 355 g/mol. The molecule has 0 bridgehead atoms. The van der Waals surface area contributed by atoms with Crippen molar-refractivity contribution in [3.63, 3.8) is 0 Å². The Balaban J connectivity index is 1.69. The molecule has 3 rings (SSSR count). The second-order valence-corrected chi connectivity index (χ2v) is 7.20. The number of halogens is 1. The first-order valence-electron chi connectivity index (χ1n) is 9.24. The fourth-order valence-electron chi connectivity index (χ4n) is 3.48. The van der Waals surface area contributed by atoms with E-state index in [1.807, 2.05) is 43.3 Å². The summed E-state index contributed by atoms with van der Waals surface area (Å²) < 4.78 is 13.3. The number of pyridine rings is 1. The minimum atomic E-state index is -0.280. The van der Waals surface area contributed by atoms with Crippen molar-refractivity contribution in [2.45, 2.75) is 39.3 Å². The van der Waals surface area contributed by atoms with Crippen LogP contribution in [-0.2, 0) is 11.3 Å². The normalized spacial score (nSPS) is 16.0. The van der Waals surface area contributed by atoms with Crippen molar-refractivity contribution in [3.05, 3.63) is 60.2 Å². The lowest BCUT2D eigenvalue weighted by atomic mass is 9.99. The van der Waals surface area contributed by atoms with Crippen molar-refractivity contribution < 1.29 is 9.18 Å². The molecular weight excluding hydrogens is 329 g/mol. The largest absolute Gasteiger partial charge is 0.309 e. The molecule has 1 amide bonds. The summed E-state index contributed by atoms with van der Waals surface area (Å²) in [5.41, 5.74) is 2.05. The highest BCUT2D eigenvalue weighted by molar-refractivity contribution is 5.95. The second kappa shape index (κ2) is 8.41. The molecule has 1 saturated heterocycles. The molecule has 1 aliphatic heterocycles. The number of hydrogen-bond acceptors (Lipinski definition) is 3. The molecule has 5 heteroatoms. The number of aromatic nitrogens is 1. The van der Waals surface area contributed by atoms with Gasteiger partial charge in [0.1, 0.15) is 5.82 Å². The Bertz CT molecular complexity index is 710. The summed E-state index contributed by atoms with van der Waals surface area (Å²) in [5.74, 6) is -0.267. The summed E-state index contributed by atoms with van der Waals surface area (Å²) in [5, 5.41) is 0. The number of piperidine rings is 1. The van der Waals surface area contributed by atoms with Gasteiger partial charge in [0.25, 0.3) is 0 Å². The summed E-state index contributed by atoms with van der Waals surface area (Å²) in [6.45, 7) is 6.62. The predicted octanol–water partition coefficient (Wildman–Crippen LogP) is 3.87. The van der Waals surface area contributed by atoms with Crippen LogP contribution in [0.15, 0.2) is 48.8 Å². The number of carbonyl (C=O) groups is 1. The zero-order valence-corrected chi connectivity index (χ0v) is 15.4. The first-order valence-corrected chi connectivity index (χ1v) is 9.24. The lowest BCUT2D eigenvalue weighted by Crippen LogP contribution is -2.48. The smallest absolute Gasteiger partial charge is 0.229 e. The van der Waals surface area contributed by atoms with Gasteiger partial charge in [0, 0.05) is 49.7 Å². The zero-order chi connectivity index (χ0) is 18.5. The highest BCUT2D eigenvalue weighted by Gasteiger charge is 2.30.